The maximum Gasteiger partial charge on any atom is 0.239 e. The molecular formula is C10H13NO2. The molecule has 0 bridgehead atoms. The minimum atomic E-state index is -1.27. The molecule has 0 aliphatic carbocycles. The average Bonchev–Trinajstić information content (AvgIpc) is 2.49. The third-order valence-corrected chi connectivity index (χ3v) is 1.55. The monoisotopic (exact) mass is 179 g/mol. The Bertz CT molecular complexity index is 341. The van der Waals surface area contributed by atoms with Crippen LogP contribution in [-0.4, -0.2) is 10.1 Å². The summed E-state index contributed by atoms with van der Waals surface area (Å²) in [6.45, 7) is 5.27. The second-order valence-corrected chi connectivity index (χ2v) is 3.00. The maximum atomic E-state index is 9.80. The summed E-state index contributed by atoms with van der Waals surface area (Å²) in [6.07, 6.45) is 2.27. The van der Waals surface area contributed by atoms with Crippen LogP contribution in [-0.2, 0) is 5.60 Å². The first-order valence-electron chi connectivity index (χ1n) is 4.21. The smallest absolute Gasteiger partial charge is 0.239 e. The van der Waals surface area contributed by atoms with Crippen molar-refractivity contribution < 1.29 is 9.52 Å². The van der Waals surface area contributed by atoms with Crippen molar-refractivity contribution in [1.82, 2.24) is 4.98 Å². The number of aliphatic hydroxyl groups is 1. The van der Waals surface area contributed by atoms with Crippen molar-refractivity contribution in [2.45, 2.75) is 32.8 Å². The lowest BCUT2D eigenvalue weighted by molar-refractivity contribution is 0.0881. The summed E-state index contributed by atoms with van der Waals surface area (Å²) in [4.78, 5) is 3.92. The number of aryl methyl sites for hydroxylation is 1. The Balaban J connectivity index is 2.93. The minimum Gasteiger partial charge on any atom is -0.442 e. The zero-order valence-corrected chi connectivity index (χ0v) is 8.09. The lowest BCUT2D eigenvalue weighted by atomic mass is 10.1. The van der Waals surface area contributed by atoms with Gasteiger partial charge in [-0.3, -0.25) is 0 Å². The lowest BCUT2D eigenvalue weighted by Gasteiger charge is -2.10. The molecule has 0 spiro atoms. The molecule has 0 saturated heterocycles. The van der Waals surface area contributed by atoms with Gasteiger partial charge in [-0.05, 0) is 13.8 Å². The van der Waals surface area contributed by atoms with Crippen molar-refractivity contribution >= 4 is 0 Å². The van der Waals surface area contributed by atoms with Gasteiger partial charge >= 0.3 is 0 Å². The summed E-state index contributed by atoms with van der Waals surface area (Å²) in [5.74, 6) is 6.41. The number of hydrogen-bond donors (Lipinski definition) is 1. The highest BCUT2D eigenvalue weighted by molar-refractivity contribution is 5.18. The fourth-order valence-electron chi connectivity index (χ4n) is 0.894. The molecule has 3 nitrogen and oxygen atoms in total. The average molecular weight is 179 g/mol. The van der Waals surface area contributed by atoms with E-state index < -0.39 is 5.60 Å². The first-order chi connectivity index (χ1) is 6.06. The van der Waals surface area contributed by atoms with Gasteiger partial charge in [0.15, 0.2) is 5.60 Å². The molecule has 1 rings (SSSR count). The Hall–Kier alpha value is -1.27. The molecule has 3 heteroatoms. The topological polar surface area (TPSA) is 46.3 Å². The number of aromatic nitrogens is 1. The second kappa shape index (κ2) is 3.63. The number of hydrogen-bond acceptors (Lipinski definition) is 3. The highest BCUT2D eigenvalue weighted by Crippen LogP contribution is 2.18. The van der Waals surface area contributed by atoms with Gasteiger partial charge < -0.3 is 9.52 Å². The fraction of sp³-hybridized carbons (Fsp3) is 0.500. The summed E-state index contributed by atoms with van der Waals surface area (Å²) in [5, 5.41) is 9.80. The van der Waals surface area contributed by atoms with E-state index in [4.69, 9.17) is 4.42 Å². The van der Waals surface area contributed by atoms with E-state index in [1.807, 2.05) is 6.92 Å². The van der Waals surface area contributed by atoms with E-state index in [1.54, 1.807) is 20.0 Å². The SMILES string of the molecule is CCC#CC(C)(O)c1ncc(C)o1. The minimum absolute atomic E-state index is 0.256. The third-order valence-electron chi connectivity index (χ3n) is 1.55. The van der Waals surface area contributed by atoms with E-state index in [-0.39, 0.29) is 5.89 Å². The summed E-state index contributed by atoms with van der Waals surface area (Å²) in [5.41, 5.74) is -1.27. The van der Waals surface area contributed by atoms with Crippen molar-refractivity contribution in [2.24, 2.45) is 0 Å². The Labute approximate surface area is 77.8 Å². The van der Waals surface area contributed by atoms with Crippen LogP contribution in [0.4, 0.5) is 0 Å². The quantitative estimate of drug-likeness (QED) is 0.666. The summed E-state index contributed by atoms with van der Waals surface area (Å²) >= 11 is 0. The van der Waals surface area contributed by atoms with Crippen LogP contribution in [0.5, 0.6) is 0 Å². The van der Waals surface area contributed by atoms with Crippen LogP contribution in [0.1, 0.15) is 31.9 Å². The van der Waals surface area contributed by atoms with Gasteiger partial charge in [-0.25, -0.2) is 4.98 Å². The van der Waals surface area contributed by atoms with Gasteiger partial charge in [0.25, 0.3) is 0 Å². The van der Waals surface area contributed by atoms with Crippen LogP contribution in [0.15, 0.2) is 10.6 Å². The fourth-order valence-corrected chi connectivity index (χ4v) is 0.894. The van der Waals surface area contributed by atoms with Crippen LogP contribution in [0.2, 0.25) is 0 Å². The molecular weight excluding hydrogens is 166 g/mol. The summed E-state index contributed by atoms with van der Waals surface area (Å²) in [6, 6.07) is 0. The zero-order chi connectivity index (χ0) is 9.90. The van der Waals surface area contributed by atoms with E-state index in [2.05, 4.69) is 16.8 Å². The third kappa shape index (κ3) is 2.33. The zero-order valence-electron chi connectivity index (χ0n) is 8.09. The van der Waals surface area contributed by atoms with E-state index in [0.29, 0.717) is 12.2 Å². The molecule has 1 N–H and O–H groups in total. The van der Waals surface area contributed by atoms with Crippen molar-refractivity contribution in [3.05, 3.63) is 17.8 Å². The Morgan fingerprint density at radius 3 is 2.85 bits per heavy atom. The normalized spacial score (nSPS) is 14.5. The van der Waals surface area contributed by atoms with Gasteiger partial charge in [0.2, 0.25) is 5.89 Å². The van der Waals surface area contributed by atoms with E-state index >= 15 is 0 Å². The molecule has 0 fully saturated rings. The largest absolute Gasteiger partial charge is 0.442 e. The van der Waals surface area contributed by atoms with Crippen molar-refractivity contribution in [3.63, 3.8) is 0 Å². The van der Waals surface area contributed by atoms with Gasteiger partial charge in [-0.15, -0.1) is 5.92 Å². The summed E-state index contributed by atoms with van der Waals surface area (Å²) < 4.78 is 5.18. The van der Waals surface area contributed by atoms with Crippen LogP contribution in [0.25, 0.3) is 0 Å². The van der Waals surface area contributed by atoms with Crippen LogP contribution in [0.3, 0.4) is 0 Å². The van der Waals surface area contributed by atoms with E-state index in [1.165, 1.54) is 0 Å². The van der Waals surface area contributed by atoms with Crippen LogP contribution >= 0.6 is 0 Å². The van der Waals surface area contributed by atoms with Gasteiger partial charge in [0.05, 0.1) is 6.20 Å². The van der Waals surface area contributed by atoms with Crippen LogP contribution in [0, 0.1) is 18.8 Å². The molecule has 1 aromatic rings. The molecule has 0 aliphatic rings. The lowest BCUT2D eigenvalue weighted by Crippen LogP contribution is -2.18. The van der Waals surface area contributed by atoms with Crippen molar-refractivity contribution in [1.29, 1.82) is 0 Å². The van der Waals surface area contributed by atoms with Crippen molar-refractivity contribution in [3.8, 4) is 11.8 Å². The van der Waals surface area contributed by atoms with Gasteiger partial charge in [0.1, 0.15) is 5.76 Å². The molecule has 70 valence electrons. The molecule has 1 heterocycles. The first-order valence-corrected chi connectivity index (χ1v) is 4.21. The molecule has 0 radical (unpaired) electrons. The van der Waals surface area contributed by atoms with Gasteiger partial charge in [-0.2, -0.15) is 0 Å². The molecule has 0 saturated carbocycles. The molecule has 0 aliphatic heterocycles. The number of oxazole rings is 1. The van der Waals surface area contributed by atoms with E-state index in [0.717, 1.165) is 0 Å². The van der Waals surface area contributed by atoms with Crippen molar-refractivity contribution in [2.75, 3.05) is 0 Å². The number of rotatable bonds is 1. The van der Waals surface area contributed by atoms with Gasteiger partial charge in [0, 0.05) is 6.42 Å². The highest BCUT2D eigenvalue weighted by atomic mass is 16.4. The van der Waals surface area contributed by atoms with Crippen LogP contribution < -0.4 is 0 Å². The molecule has 1 aromatic heterocycles. The molecule has 13 heavy (non-hydrogen) atoms. The summed E-state index contributed by atoms with van der Waals surface area (Å²) in [7, 11) is 0. The molecule has 1 unspecified atom stereocenters. The van der Waals surface area contributed by atoms with Gasteiger partial charge in [-0.1, -0.05) is 12.8 Å². The Morgan fingerprint density at radius 2 is 2.38 bits per heavy atom. The first kappa shape index (κ1) is 9.82. The Kier molecular flexibility index (Phi) is 2.74. The predicted molar refractivity (Wildman–Crippen MR) is 48.9 cm³/mol. The highest BCUT2D eigenvalue weighted by Gasteiger charge is 2.25. The Morgan fingerprint density at radius 1 is 1.69 bits per heavy atom. The standard InChI is InChI=1S/C10H13NO2/c1-4-5-6-10(3,12)9-11-7-8(2)13-9/h7,12H,4H2,1-3H3. The molecule has 0 aromatic carbocycles. The maximum absolute atomic E-state index is 9.80. The molecule has 0 amide bonds. The molecule has 1 atom stereocenters. The second-order valence-electron chi connectivity index (χ2n) is 3.00. The predicted octanol–water partition coefficient (Wildman–Crippen LogP) is 1.60. The number of nitrogens with zero attached hydrogens (tertiary/aromatic N) is 1. The van der Waals surface area contributed by atoms with E-state index in [9.17, 15) is 5.11 Å².